The van der Waals surface area contributed by atoms with E-state index in [0.29, 0.717) is 46.2 Å². The van der Waals surface area contributed by atoms with Crippen LogP contribution in [0.25, 0.3) is 0 Å². The summed E-state index contributed by atoms with van der Waals surface area (Å²) in [5.74, 6) is 2.28. The summed E-state index contributed by atoms with van der Waals surface area (Å²) in [4.78, 5) is 20.3. The molecule has 0 unspecified atom stereocenters. The summed E-state index contributed by atoms with van der Waals surface area (Å²) >= 11 is 0. The van der Waals surface area contributed by atoms with Crippen LogP contribution in [0.2, 0.25) is 0 Å². The Bertz CT molecular complexity index is 1130. The average Bonchev–Trinajstić information content (AvgIpc) is 2.80. The number of aromatic nitrogens is 2. The number of carbonyl (C=O) groups excluding carboxylic acids is 1. The number of nitrogens with zero attached hydrogens (tertiary/aromatic N) is 2. The number of carbonyl (C=O) groups is 1. The van der Waals surface area contributed by atoms with E-state index in [1.54, 1.807) is 49.7 Å². The van der Waals surface area contributed by atoms with Gasteiger partial charge >= 0.3 is 0 Å². The first-order valence-electron chi connectivity index (χ1n) is 9.60. The minimum Gasteiger partial charge on any atom is -0.493 e. The molecule has 0 saturated carbocycles. The van der Waals surface area contributed by atoms with Crippen LogP contribution in [0.1, 0.15) is 5.56 Å². The van der Waals surface area contributed by atoms with Crippen LogP contribution in [0.15, 0.2) is 55.3 Å². The van der Waals surface area contributed by atoms with Crippen molar-refractivity contribution in [2.75, 3.05) is 32.0 Å². The molecule has 9 nitrogen and oxygen atoms in total. The highest BCUT2D eigenvalue weighted by Gasteiger charge is 2.17. The zero-order chi connectivity index (χ0) is 23.1. The normalized spacial score (nSPS) is 10.1. The lowest BCUT2D eigenvalue weighted by Crippen LogP contribution is -2.07. The molecule has 0 aliphatic carbocycles. The Labute approximate surface area is 186 Å². The molecule has 1 aromatic heterocycles. The second-order valence-electron chi connectivity index (χ2n) is 6.51. The van der Waals surface area contributed by atoms with Gasteiger partial charge in [0.25, 0.3) is 0 Å². The molecule has 0 radical (unpaired) electrons. The first-order valence-corrected chi connectivity index (χ1v) is 9.60. The number of benzene rings is 2. The minimum atomic E-state index is -0.310. The molecule has 9 heteroatoms. The lowest BCUT2D eigenvalue weighted by atomic mass is 10.2. The molecular weight excluding hydrogens is 412 g/mol. The molecule has 32 heavy (non-hydrogen) atoms. The fourth-order valence-electron chi connectivity index (χ4n) is 2.85. The van der Waals surface area contributed by atoms with E-state index in [1.807, 2.05) is 6.92 Å². The number of amides is 1. The van der Waals surface area contributed by atoms with Crippen LogP contribution < -0.4 is 29.6 Å². The maximum atomic E-state index is 11.5. The van der Waals surface area contributed by atoms with Gasteiger partial charge in [-0.15, -0.1) is 0 Å². The Morgan fingerprint density at radius 1 is 1.06 bits per heavy atom. The molecule has 0 atom stereocenters. The van der Waals surface area contributed by atoms with Gasteiger partial charge in [0, 0.05) is 23.5 Å². The zero-order valence-corrected chi connectivity index (χ0v) is 18.3. The third-order valence-electron chi connectivity index (χ3n) is 4.38. The largest absolute Gasteiger partial charge is 0.493 e. The van der Waals surface area contributed by atoms with Crippen LogP contribution in [0, 0.1) is 6.92 Å². The second-order valence-corrected chi connectivity index (χ2v) is 6.51. The van der Waals surface area contributed by atoms with E-state index in [0.717, 1.165) is 5.56 Å². The van der Waals surface area contributed by atoms with Crippen molar-refractivity contribution in [3.8, 4) is 28.9 Å². The predicted molar refractivity (Wildman–Crippen MR) is 121 cm³/mol. The molecule has 0 bridgehead atoms. The maximum absolute atomic E-state index is 11.5. The smallest absolute Gasteiger partial charge is 0.247 e. The molecule has 0 fully saturated rings. The standard InChI is InChI=1S/C23H24N4O5/c1-6-19(28)25-15-8-7-9-16(12-15)32-22-14(2)13-24-23(27-22)26-17-10-11-18(29-3)21(31-5)20(17)30-4/h6-13H,1H2,2-5H3,(H,25,28)(H,24,26,27). The van der Waals surface area contributed by atoms with Crippen molar-refractivity contribution in [2.24, 2.45) is 0 Å². The van der Waals surface area contributed by atoms with Crippen LogP contribution in [0.3, 0.4) is 0 Å². The van der Waals surface area contributed by atoms with E-state index in [4.69, 9.17) is 18.9 Å². The molecule has 0 saturated heterocycles. The van der Waals surface area contributed by atoms with Gasteiger partial charge in [-0.05, 0) is 37.3 Å². The number of anilines is 3. The molecule has 1 heterocycles. The number of ether oxygens (including phenoxy) is 4. The van der Waals surface area contributed by atoms with E-state index in [-0.39, 0.29) is 5.91 Å². The van der Waals surface area contributed by atoms with Gasteiger partial charge in [0.15, 0.2) is 11.5 Å². The number of methoxy groups -OCH3 is 3. The fourth-order valence-corrected chi connectivity index (χ4v) is 2.85. The molecule has 2 N–H and O–H groups in total. The van der Waals surface area contributed by atoms with Gasteiger partial charge in [0.05, 0.1) is 27.0 Å². The van der Waals surface area contributed by atoms with Crippen molar-refractivity contribution in [3.05, 3.63) is 60.8 Å². The van der Waals surface area contributed by atoms with Gasteiger partial charge in [-0.2, -0.15) is 4.98 Å². The molecule has 3 aromatic rings. The lowest BCUT2D eigenvalue weighted by Gasteiger charge is -2.16. The molecule has 2 aromatic carbocycles. The Morgan fingerprint density at radius 2 is 1.84 bits per heavy atom. The molecule has 166 valence electrons. The van der Waals surface area contributed by atoms with Crippen molar-refractivity contribution < 1.29 is 23.7 Å². The monoisotopic (exact) mass is 436 g/mol. The van der Waals surface area contributed by atoms with Gasteiger partial charge in [-0.3, -0.25) is 4.79 Å². The van der Waals surface area contributed by atoms with E-state index in [2.05, 4.69) is 27.2 Å². The fraction of sp³-hybridized carbons (Fsp3) is 0.174. The Balaban J connectivity index is 1.87. The topological polar surface area (TPSA) is 104 Å². The average molecular weight is 436 g/mol. The van der Waals surface area contributed by atoms with Crippen LogP contribution in [-0.4, -0.2) is 37.2 Å². The Morgan fingerprint density at radius 3 is 2.53 bits per heavy atom. The molecular formula is C23H24N4O5. The highest BCUT2D eigenvalue weighted by Crippen LogP contribution is 2.43. The summed E-state index contributed by atoms with van der Waals surface area (Å²) < 4.78 is 22.2. The van der Waals surface area contributed by atoms with Gasteiger partial charge in [0.2, 0.25) is 23.5 Å². The van der Waals surface area contributed by atoms with Crippen LogP contribution in [0.4, 0.5) is 17.3 Å². The van der Waals surface area contributed by atoms with Crippen molar-refractivity contribution in [2.45, 2.75) is 6.92 Å². The summed E-state index contributed by atoms with van der Waals surface area (Å²) in [6, 6.07) is 10.5. The lowest BCUT2D eigenvalue weighted by molar-refractivity contribution is -0.111. The van der Waals surface area contributed by atoms with Gasteiger partial charge in [0.1, 0.15) is 5.75 Å². The van der Waals surface area contributed by atoms with Crippen LogP contribution >= 0.6 is 0 Å². The Kier molecular flexibility index (Phi) is 7.12. The maximum Gasteiger partial charge on any atom is 0.247 e. The van der Waals surface area contributed by atoms with E-state index >= 15 is 0 Å². The summed E-state index contributed by atoms with van der Waals surface area (Å²) in [7, 11) is 4.62. The van der Waals surface area contributed by atoms with Crippen LogP contribution in [0.5, 0.6) is 28.9 Å². The first kappa shape index (κ1) is 22.4. The number of nitrogens with one attached hydrogen (secondary N) is 2. The van der Waals surface area contributed by atoms with E-state index in [1.165, 1.54) is 20.3 Å². The molecule has 0 aliphatic heterocycles. The van der Waals surface area contributed by atoms with Crippen molar-refractivity contribution >= 4 is 23.2 Å². The minimum absolute atomic E-state index is 0.298. The van der Waals surface area contributed by atoms with E-state index in [9.17, 15) is 4.79 Å². The van der Waals surface area contributed by atoms with Gasteiger partial charge < -0.3 is 29.6 Å². The van der Waals surface area contributed by atoms with Gasteiger partial charge in [-0.25, -0.2) is 4.98 Å². The third-order valence-corrected chi connectivity index (χ3v) is 4.38. The number of hydrogen-bond acceptors (Lipinski definition) is 8. The zero-order valence-electron chi connectivity index (χ0n) is 18.3. The quantitative estimate of drug-likeness (QED) is 0.474. The van der Waals surface area contributed by atoms with Crippen molar-refractivity contribution in [3.63, 3.8) is 0 Å². The number of rotatable bonds is 9. The summed E-state index contributed by atoms with van der Waals surface area (Å²) in [6.07, 6.45) is 2.84. The SMILES string of the molecule is C=CC(=O)Nc1cccc(Oc2nc(Nc3ccc(OC)c(OC)c3OC)ncc2C)c1. The second kappa shape index (κ2) is 10.2. The van der Waals surface area contributed by atoms with E-state index < -0.39 is 0 Å². The van der Waals surface area contributed by atoms with Crippen LogP contribution in [-0.2, 0) is 4.79 Å². The summed E-state index contributed by atoms with van der Waals surface area (Å²) in [5, 5.41) is 5.81. The highest BCUT2D eigenvalue weighted by molar-refractivity contribution is 5.98. The number of aryl methyl sites for hydroxylation is 1. The predicted octanol–water partition coefficient (Wildman–Crippen LogP) is 4.47. The number of hydrogen-bond donors (Lipinski definition) is 2. The summed E-state index contributed by atoms with van der Waals surface area (Å²) in [6.45, 7) is 5.28. The first-order chi connectivity index (χ1) is 15.5. The van der Waals surface area contributed by atoms with Gasteiger partial charge in [-0.1, -0.05) is 12.6 Å². The highest BCUT2D eigenvalue weighted by atomic mass is 16.5. The molecule has 0 spiro atoms. The molecule has 3 rings (SSSR count). The summed E-state index contributed by atoms with van der Waals surface area (Å²) in [5.41, 5.74) is 1.90. The molecule has 1 amide bonds. The Hall–Kier alpha value is -4.27. The third kappa shape index (κ3) is 5.07. The molecule has 0 aliphatic rings. The van der Waals surface area contributed by atoms with Crippen molar-refractivity contribution in [1.29, 1.82) is 0 Å². The van der Waals surface area contributed by atoms with Crippen molar-refractivity contribution in [1.82, 2.24) is 9.97 Å².